The molecule has 2 aromatic heterocycles. The predicted octanol–water partition coefficient (Wildman–Crippen LogP) is 3.84. The van der Waals surface area contributed by atoms with Crippen molar-refractivity contribution < 1.29 is 9.53 Å². The lowest BCUT2D eigenvalue weighted by molar-refractivity contribution is -0.0248. The average Bonchev–Trinajstić information content (AvgIpc) is 3.09. The number of carbonyl (C=O) groups is 1. The molecule has 1 N–H and O–H groups in total. The van der Waals surface area contributed by atoms with Gasteiger partial charge in [0.15, 0.2) is 0 Å². The zero-order valence-corrected chi connectivity index (χ0v) is 18.8. The van der Waals surface area contributed by atoms with Crippen LogP contribution in [-0.4, -0.2) is 40.5 Å². The van der Waals surface area contributed by atoms with E-state index in [1.165, 1.54) is 5.56 Å². The number of amides is 1. The van der Waals surface area contributed by atoms with Gasteiger partial charge in [-0.15, -0.1) is 0 Å². The number of H-pyrrole nitrogens is 1. The Bertz CT molecular complexity index is 1190. The first kappa shape index (κ1) is 21.6. The highest BCUT2D eigenvalue weighted by molar-refractivity contribution is 5.94. The zero-order chi connectivity index (χ0) is 22.6. The summed E-state index contributed by atoms with van der Waals surface area (Å²) in [5, 5.41) is 0. The van der Waals surface area contributed by atoms with Crippen LogP contribution >= 0.6 is 0 Å². The Hall–Kier alpha value is -3.25. The Morgan fingerprint density at radius 1 is 1.06 bits per heavy atom. The predicted molar refractivity (Wildman–Crippen MR) is 126 cm³/mol. The van der Waals surface area contributed by atoms with Crippen molar-refractivity contribution in [1.29, 1.82) is 0 Å². The molecule has 170 valence electrons. The van der Waals surface area contributed by atoms with E-state index in [1.54, 1.807) is 4.90 Å². The van der Waals surface area contributed by atoms with Crippen molar-refractivity contribution >= 4 is 5.91 Å². The molecule has 1 fully saturated rings. The maximum absolute atomic E-state index is 13.3. The lowest BCUT2D eigenvalue weighted by Crippen LogP contribution is -2.44. The van der Waals surface area contributed by atoms with Gasteiger partial charge in [-0.2, -0.15) is 0 Å². The fourth-order valence-corrected chi connectivity index (χ4v) is 4.77. The van der Waals surface area contributed by atoms with Crippen LogP contribution in [0.4, 0.5) is 0 Å². The summed E-state index contributed by atoms with van der Waals surface area (Å²) in [6.07, 6.45) is 5.56. The number of nitrogens with zero attached hydrogens (tertiary/aromatic N) is 2. The van der Waals surface area contributed by atoms with Gasteiger partial charge in [-0.05, 0) is 55.0 Å². The van der Waals surface area contributed by atoms with Crippen molar-refractivity contribution in [3.63, 3.8) is 0 Å². The van der Waals surface area contributed by atoms with Crippen LogP contribution in [0.2, 0.25) is 0 Å². The van der Waals surface area contributed by atoms with Gasteiger partial charge >= 0.3 is 0 Å². The first-order valence-electron chi connectivity index (χ1n) is 11.8. The molecule has 33 heavy (non-hydrogen) atoms. The molecule has 3 aromatic rings. The van der Waals surface area contributed by atoms with Crippen LogP contribution in [0.3, 0.4) is 0 Å². The number of morpholine rings is 1. The number of rotatable bonds is 4. The number of aromatic nitrogens is 2. The van der Waals surface area contributed by atoms with Crippen LogP contribution in [0.25, 0.3) is 0 Å². The van der Waals surface area contributed by atoms with E-state index in [-0.39, 0.29) is 23.1 Å². The summed E-state index contributed by atoms with van der Waals surface area (Å²) in [5.41, 5.74) is 5.04. The normalized spacial score (nSPS) is 18.4. The summed E-state index contributed by atoms with van der Waals surface area (Å²) in [4.78, 5) is 35.5. The van der Waals surface area contributed by atoms with E-state index in [1.807, 2.05) is 42.5 Å². The fraction of sp³-hybridized carbons (Fsp3) is 0.370. The Balaban J connectivity index is 1.33. The molecule has 0 bridgehead atoms. The van der Waals surface area contributed by atoms with E-state index in [0.29, 0.717) is 19.7 Å². The summed E-state index contributed by atoms with van der Waals surface area (Å²) >= 11 is 0. The number of carbonyl (C=O) groups excluding carboxylic acids is 1. The SMILES string of the molecule is O=C(c1cc2c([nH]c1=O)CCCCC2)N1CCO[C@H](c2cccc(Cc3ccccc3)n2)C1. The van der Waals surface area contributed by atoms with Crippen molar-refractivity contribution in [1.82, 2.24) is 14.9 Å². The van der Waals surface area contributed by atoms with E-state index in [0.717, 1.165) is 61.2 Å². The Morgan fingerprint density at radius 3 is 2.79 bits per heavy atom. The molecule has 1 aromatic carbocycles. The minimum absolute atomic E-state index is 0.225. The third-order valence-corrected chi connectivity index (χ3v) is 6.56. The minimum Gasteiger partial charge on any atom is -0.368 e. The zero-order valence-electron chi connectivity index (χ0n) is 18.8. The second-order valence-electron chi connectivity index (χ2n) is 8.90. The maximum Gasteiger partial charge on any atom is 0.261 e. The van der Waals surface area contributed by atoms with Crippen molar-refractivity contribution in [2.45, 2.75) is 44.6 Å². The molecule has 0 radical (unpaired) electrons. The number of hydrogen-bond donors (Lipinski definition) is 1. The van der Waals surface area contributed by atoms with Gasteiger partial charge in [-0.3, -0.25) is 14.6 Å². The van der Waals surface area contributed by atoms with Crippen LogP contribution in [0.5, 0.6) is 0 Å². The van der Waals surface area contributed by atoms with Gasteiger partial charge in [-0.1, -0.05) is 42.8 Å². The van der Waals surface area contributed by atoms with Crippen LogP contribution in [0, 0.1) is 0 Å². The first-order valence-corrected chi connectivity index (χ1v) is 11.8. The quantitative estimate of drug-likeness (QED) is 0.622. The van der Waals surface area contributed by atoms with Crippen LogP contribution in [0.1, 0.15) is 63.9 Å². The molecule has 1 atom stereocenters. The van der Waals surface area contributed by atoms with E-state index >= 15 is 0 Å². The van der Waals surface area contributed by atoms with Gasteiger partial charge < -0.3 is 14.6 Å². The van der Waals surface area contributed by atoms with E-state index < -0.39 is 0 Å². The van der Waals surface area contributed by atoms with E-state index in [4.69, 9.17) is 9.72 Å². The number of ether oxygens (including phenoxy) is 1. The Kier molecular flexibility index (Phi) is 6.35. The molecule has 1 aliphatic heterocycles. The summed E-state index contributed by atoms with van der Waals surface area (Å²) in [6.45, 7) is 1.27. The number of aromatic amines is 1. The van der Waals surface area contributed by atoms with Crippen molar-refractivity contribution in [3.05, 3.63) is 98.7 Å². The van der Waals surface area contributed by atoms with E-state index in [2.05, 4.69) is 17.1 Å². The molecule has 0 saturated carbocycles. The molecule has 1 amide bonds. The van der Waals surface area contributed by atoms with Gasteiger partial charge in [0.2, 0.25) is 0 Å². The Labute approximate surface area is 193 Å². The average molecular weight is 444 g/mol. The minimum atomic E-state index is -0.307. The molecule has 6 nitrogen and oxygen atoms in total. The standard InChI is InChI=1S/C27H29N3O3/c31-26-22(17-20-10-5-2-6-12-23(20)29-26)27(32)30-14-15-33-25(18-30)24-13-7-11-21(28-24)16-19-8-3-1-4-9-19/h1,3-4,7-9,11,13,17,25H,2,5-6,10,12,14-16,18H2,(H,29,31)/t25-/m0/s1. The first-order chi connectivity index (χ1) is 16.2. The molecule has 1 saturated heterocycles. The van der Waals surface area contributed by atoms with Crippen molar-refractivity contribution in [3.8, 4) is 0 Å². The highest BCUT2D eigenvalue weighted by Crippen LogP contribution is 2.24. The second-order valence-corrected chi connectivity index (χ2v) is 8.90. The number of aryl methyl sites for hydroxylation is 2. The molecule has 1 aliphatic carbocycles. The molecule has 2 aliphatic rings. The van der Waals surface area contributed by atoms with Gasteiger partial charge in [-0.25, -0.2) is 0 Å². The smallest absolute Gasteiger partial charge is 0.261 e. The van der Waals surface area contributed by atoms with Crippen molar-refractivity contribution in [2.75, 3.05) is 19.7 Å². The number of benzene rings is 1. The highest BCUT2D eigenvalue weighted by Gasteiger charge is 2.29. The van der Waals surface area contributed by atoms with E-state index in [9.17, 15) is 9.59 Å². The molecule has 0 spiro atoms. The third-order valence-electron chi connectivity index (χ3n) is 6.56. The largest absolute Gasteiger partial charge is 0.368 e. The molecular weight excluding hydrogens is 414 g/mol. The molecule has 6 heteroatoms. The number of hydrogen-bond acceptors (Lipinski definition) is 4. The second kappa shape index (κ2) is 9.71. The molecule has 5 rings (SSSR count). The topological polar surface area (TPSA) is 75.3 Å². The summed E-state index contributed by atoms with van der Waals surface area (Å²) in [5.74, 6) is -0.225. The van der Waals surface area contributed by atoms with Crippen molar-refractivity contribution in [2.24, 2.45) is 0 Å². The summed E-state index contributed by atoms with van der Waals surface area (Å²) in [7, 11) is 0. The molecule has 3 heterocycles. The van der Waals surface area contributed by atoms with Crippen LogP contribution in [-0.2, 0) is 24.0 Å². The maximum atomic E-state index is 13.3. The summed E-state index contributed by atoms with van der Waals surface area (Å²) < 4.78 is 5.98. The Morgan fingerprint density at radius 2 is 1.91 bits per heavy atom. The lowest BCUT2D eigenvalue weighted by Gasteiger charge is -2.32. The number of pyridine rings is 2. The third kappa shape index (κ3) is 4.91. The van der Waals surface area contributed by atoms with Gasteiger partial charge in [0.25, 0.3) is 11.5 Å². The number of nitrogens with one attached hydrogen (secondary N) is 1. The van der Waals surface area contributed by atoms with Gasteiger partial charge in [0.05, 0.1) is 18.8 Å². The van der Waals surface area contributed by atoms with Crippen LogP contribution in [0.15, 0.2) is 59.4 Å². The lowest BCUT2D eigenvalue weighted by atomic mass is 10.0. The van der Waals surface area contributed by atoms with Gasteiger partial charge in [0, 0.05) is 24.4 Å². The van der Waals surface area contributed by atoms with Gasteiger partial charge in [0.1, 0.15) is 11.7 Å². The molecular formula is C27H29N3O3. The molecule has 0 unspecified atom stereocenters. The fourth-order valence-electron chi connectivity index (χ4n) is 4.77. The number of fused-ring (bicyclic) bond motifs is 1. The van der Waals surface area contributed by atoms with Crippen LogP contribution < -0.4 is 5.56 Å². The summed E-state index contributed by atoms with van der Waals surface area (Å²) in [6, 6.07) is 18.0. The highest BCUT2D eigenvalue weighted by atomic mass is 16.5. The monoisotopic (exact) mass is 443 g/mol.